The molecule has 0 unspecified atom stereocenters. The maximum Gasteiger partial charge on any atom is 0.317 e. The average molecular weight is 376 g/mol. The van der Waals surface area contributed by atoms with Crippen LogP contribution >= 0.6 is 15.9 Å². The topological polar surface area (TPSA) is 61.4 Å². The van der Waals surface area contributed by atoms with E-state index in [-0.39, 0.29) is 6.03 Å². The van der Waals surface area contributed by atoms with Gasteiger partial charge < -0.3 is 15.1 Å². The van der Waals surface area contributed by atoms with Gasteiger partial charge in [-0.3, -0.25) is 0 Å². The van der Waals surface area contributed by atoms with Gasteiger partial charge in [-0.25, -0.2) is 14.8 Å². The van der Waals surface area contributed by atoms with Crippen LogP contribution < -0.4 is 10.2 Å². The SMILES string of the molecule is O=C(NCc1cccc(Br)c1)N1CCN(c2ncccn2)CC1. The predicted octanol–water partition coefficient (Wildman–Crippen LogP) is 2.27. The first kappa shape index (κ1) is 15.7. The van der Waals surface area contributed by atoms with Crippen molar-refractivity contribution in [2.75, 3.05) is 31.1 Å². The highest BCUT2D eigenvalue weighted by Gasteiger charge is 2.22. The summed E-state index contributed by atoms with van der Waals surface area (Å²) in [5.74, 6) is 0.724. The molecule has 23 heavy (non-hydrogen) atoms. The van der Waals surface area contributed by atoms with Crippen LogP contribution in [0.4, 0.5) is 10.7 Å². The second-order valence-corrected chi connectivity index (χ2v) is 6.23. The molecule has 6 nitrogen and oxygen atoms in total. The highest BCUT2D eigenvalue weighted by Crippen LogP contribution is 2.12. The van der Waals surface area contributed by atoms with Gasteiger partial charge in [0, 0.05) is 49.6 Å². The third-order valence-electron chi connectivity index (χ3n) is 3.73. The number of nitrogens with zero attached hydrogens (tertiary/aromatic N) is 4. The lowest BCUT2D eigenvalue weighted by molar-refractivity contribution is 0.193. The third-order valence-corrected chi connectivity index (χ3v) is 4.23. The van der Waals surface area contributed by atoms with Gasteiger partial charge in [0.15, 0.2) is 0 Å². The summed E-state index contributed by atoms with van der Waals surface area (Å²) < 4.78 is 1.01. The van der Waals surface area contributed by atoms with Crippen LogP contribution in [0.1, 0.15) is 5.56 Å². The standard InChI is InChI=1S/C16H18BrN5O/c17-14-4-1-3-13(11-14)12-20-16(23)22-9-7-21(8-10-22)15-18-5-2-6-19-15/h1-6,11H,7-10,12H2,(H,20,23). The zero-order valence-electron chi connectivity index (χ0n) is 12.7. The highest BCUT2D eigenvalue weighted by atomic mass is 79.9. The molecule has 0 aliphatic carbocycles. The largest absolute Gasteiger partial charge is 0.337 e. The molecule has 120 valence electrons. The summed E-state index contributed by atoms with van der Waals surface area (Å²) in [7, 11) is 0. The Labute approximate surface area is 143 Å². The fourth-order valence-electron chi connectivity index (χ4n) is 2.50. The normalized spacial score (nSPS) is 14.7. The first-order valence-electron chi connectivity index (χ1n) is 7.51. The van der Waals surface area contributed by atoms with Gasteiger partial charge in [0.2, 0.25) is 5.95 Å². The van der Waals surface area contributed by atoms with E-state index in [0.29, 0.717) is 19.6 Å². The quantitative estimate of drug-likeness (QED) is 0.893. The van der Waals surface area contributed by atoms with E-state index in [1.54, 1.807) is 18.5 Å². The lowest BCUT2D eigenvalue weighted by atomic mass is 10.2. The van der Waals surface area contributed by atoms with Crippen LogP contribution in [0.3, 0.4) is 0 Å². The molecule has 0 bridgehead atoms. The highest BCUT2D eigenvalue weighted by molar-refractivity contribution is 9.10. The van der Waals surface area contributed by atoms with Gasteiger partial charge in [0.1, 0.15) is 0 Å². The van der Waals surface area contributed by atoms with Gasteiger partial charge in [-0.15, -0.1) is 0 Å². The molecule has 0 atom stereocenters. The number of benzene rings is 1. The van der Waals surface area contributed by atoms with Crippen molar-refractivity contribution in [2.45, 2.75) is 6.54 Å². The lowest BCUT2D eigenvalue weighted by Gasteiger charge is -2.34. The Balaban J connectivity index is 1.48. The number of amides is 2. The summed E-state index contributed by atoms with van der Waals surface area (Å²) in [5, 5.41) is 2.97. The summed E-state index contributed by atoms with van der Waals surface area (Å²) in [6.07, 6.45) is 3.47. The van der Waals surface area contributed by atoms with Gasteiger partial charge in [-0.05, 0) is 23.8 Å². The molecule has 0 saturated carbocycles. The molecule has 7 heteroatoms. The van der Waals surface area contributed by atoms with Crippen LogP contribution in [0.25, 0.3) is 0 Å². The Morgan fingerprint density at radius 2 is 1.87 bits per heavy atom. The smallest absolute Gasteiger partial charge is 0.317 e. The fraction of sp³-hybridized carbons (Fsp3) is 0.312. The van der Waals surface area contributed by atoms with Crippen LogP contribution in [0, 0.1) is 0 Å². The lowest BCUT2D eigenvalue weighted by Crippen LogP contribution is -2.52. The minimum Gasteiger partial charge on any atom is -0.337 e. The van der Waals surface area contributed by atoms with Crippen molar-refractivity contribution in [1.82, 2.24) is 20.2 Å². The number of hydrogen-bond acceptors (Lipinski definition) is 4. The fourth-order valence-corrected chi connectivity index (χ4v) is 2.95. The van der Waals surface area contributed by atoms with Crippen LogP contribution in [-0.2, 0) is 6.54 Å². The van der Waals surface area contributed by atoms with Gasteiger partial charge in [0.25, 0.3) is 0 Å². The number of carbonyl (C=O) groups is 1. The van der Waals surface area contributed by atoms with Crippen molar-refractivity contribution in [1.29, 1.82) is 0 Å². The minimum atomic E-state index is -0.0291. The Morgan fingerprint density at radius 1 is 1.13 bits per heavy atom. The van der Waals surface area contributed by atoms with E-state index >= 15 is 0 Å². The summed E-state index contributed by atoms with van der Waals surface area (Å²) in [4.78, 5) is 24.7. The second kappa shape index (κ2) is 7.41. The van der Waals surface area contributed by atoms with Crippen LogP contribution in [0.2, 0.25) is 0 Å². The number of anilines is 1. The molecule has 1 aliphatic heterocycles. The van der Waals surface area contributed by atoms with Gasteiger partial charge in [-0.1, -0.05) is 28.1 Å². The van der Waals surface area contributed by atoms with Crippen LogP contribution in [-0.4, -0.2) is 47.1 Å². The molecule has 2 aromatic rings. The Bertz CT molecular complexity index is 659. The monoisotopic (exact) mass is 375 g/mol. The molecule has 2 heterocycles. The number of hydrogen-bond donors (Lipinski definition) is 1. The molecular weight excluding hydrogens is 358 g/mol. The molecule has 0 spiro atoms. The Hall–Kier alpha value is -2.15. The van der Waals surface area contributed by atoms with E-state index in [2.05, 4.69) is 36.1 Å². The molecule has 1 saturated heterocycles. The predicted molar refractivity (Wildman–Crippen MR) is 92.2 cm³/mol. The average Bonchev–Trinajstić information content (AvgIpc) is 2.61. The number of aromatic nitrogens is 2. The number of rotatable bonds is 3. The maximum atomic E-state index is 12.3. The van der Waals surface area contributed by atoms with Crippen molar-refractivity contribution in [2.24, 2.45) is 0 Å². The Morgan fingerprint density at radius 3 is 2.57 bits per heavy atom. The van der Waals surface area contributed by atoms with E-state index in [0.717, 1.165) is 29.1 Å². The number of piperazine rings is 1. The Kier molecular flexibility index (Phi) is 5.07. The second-order valence-electron chi connectivity index (χ2n) is 5.31. The van der Waals surface area contributed by atoms with Crippen LogP contribution in [0.5, 0.6) is 0 Å². The first-order valence-corrected chi connectivity index (χ1v) is 8.31. The van der Waals surface area contributed by atoms with E-state index in [4.69, 9.17) is 0 Å². The molecule has 0 radical (unpaired) electrons. The van der Waals surface area contributed by atoms with E-state index in [1.807, 2.05) is 29.2 Å². The van der Waals surface area contributed by atoms with Crippen molar-refractivity contribution >= 4 is 27.9 Å². The van der Waals surface area contributed by atoms with Crippen LogP contribution in [0.15, 0.2) is 47.2 Å². The number of urea groups is 1. The van der Waals surface area contributed by atoms with Crippen molar-refractivity contribution < 1.29 is 4.79 Å². The molecule has 1 fully saturated rings. The van der Waals surface area contributed by atoms with E-state index < -0.39 is 0 Å². The van der Waals surface area contributed by atoms with E-state index in [1.165, 1.54) is 0 Å². The van der Waals surface area contributed by atoms with Crippen molar-refractivity contribution in [3.05, 3.63) is 52.8 Å². The van der Waals surface area contributed by atoms with Crippen molar-refractivity contribution in [3.8, 4) is 0 Å². The maximum absolute atomic E-state index is 12.3. The summed E-state index contributed by atoms with van der Waals surface area (Å²) >= 11 is 3.43. The minimum absolute atomic E-state index is 0.0291. The summed E-state index contributed by atoms with van der Waals surface area (Å²) in [6.45, 7) is 3.36. The molecule has 3 rings (SSSR count). The van der Waals surface area contributed by atoms with Gasteiger partial charge in [-0.2, -0.15) is 0 Å². The van der Waals surface area contributed by atoms with Gasteiger partial charge >= 0.3 is 6.03 Å². The molecule has 1 aromatic carbocycles. The first-order chi connectivity index (χ1) is 11.2. The van der Waals surface area contributed by atoms with Gasteiger partial charge in [0.05, 0.1) is 0 Å². The number of carbonyl (C=O) groups excluding carboxylic acids is 1. The molecule has 1 aliphatic rings. The number of nitrogens with one attached hydrogen (secondary N) is 1. The number of halogens is 1. The summed E-state index contributed by atoms with van der Waals surface area (Å²) in [6, 6.07) is 9.70. The third kappa shape index (κ3) is 4.19. The zero-order chi connectivity index (χ0) is 16.1. The molecular formula is C16H18BrN5O. The molecule has 1 aromatic heterocycles. The van der Waals surface area contributed by atoms with E-state index in [9.17, 15) is 4.79 Å². The summed E-state index contributed by atoms with van der Waals surface area (Å²) in [5.41, 5.74) is 1.07. The zero-order valence-corrected chi connectivity index (χ0v) is 14.2. The molecule has 1 N–H and O–H groups in total. The van der Waals surface area contributed by atoms with Crippen molar-refractivity contribution in [3.63, 3.8) is 0 Å². The molecule has 2 amide bonds.